The number of nitrogens with zero attached hydrogens (tertiary/aromatic N) is 2. The highest BCUT2D eigenvalue weighted by Gasteiger charge is 2.48. The Kier molecular flexibility index (Phi) is 8.55. The fourth-order valence-electron chi connectivity index (χ4n) is 4.06. The van der Waals surface area contributed by atoms with Crippen LogP contribution in [0.3, 0.4) is 0 Å². The van der Waals surface area contributed by atoms with Crippen LogP contribution in [0.25, 0.3) is 5.76 Å². The van der Waals surface area contributed by atoms with Crippen LogP contribution in [0, 0.1) is 12.7 Å². The fraction of sp³-hybridized carbons (Fsp3) is 0.241. The summed E-state index contributed by atoms with van der Waals surface area (Å²) < 4.78 is 24.5. The number of esters is 1. The van der Waals surface area contributed by atoms with Crippen molar-refractivity contribution in [1.29, 1.82) is 0 Å². The number of aliphatic hydroxyl groups is 1. The first-order valence-corrected chi connectivity index (χ1v) is 13.1. The van der Waals surface area contributed by atoms with Gasteiger partial charge in [-0.25, -0.2) is 14.2 Å². The van der Waals surface area contributed by atoms with Gasteiger partial charge in [0.05, 0.1) is 23.9 Å². The maximum atomic E-state index is 13.8. The van der Waals surface area contributed by atoms with Crippen molar-refractivity contribution in [1.82, 2.24) is 4.98 Å². The van der Waals surface area contributed by atoms with Crippen LogP contribution >= 0.6 is 11.3 Å². The first kappa shape index (κ1) is 27.7. The van der Waals surface area contributed by atoms with Crippen molar-refractivity contribution < 1.29 is 33.4 Å². The number of amides is 1. The van der Waals surface area contributed by atoms with Gasteiger partial charge in [-0.2, -0.15) is 0 Å². The second kappa shape index (κ2) is 12.0. The highest BCUT2D eigenvalue weighted by molar-refractivity contribution is 7.17. The molecule has 4 rings (SSSR count). The predicted octanol–water partition coefficient (Wildman–Crippen LogP) is 5.74. The van der Waals surface area contributed by atoms with Gasteiger partial charge in [-0.05, 0) is 55.3 Å². The molecule has 1 atom stereocenters. The molecular formula is C29H27FN2O6S. The third kappa shape index (κ3) is 5.75. The SMILES string of the molecule is C=CCOC(=O)c1sc(N2C(=O)C(=O)C(=C(O)c3ccc(OCCCC)cc3)C2c2ccc(F)cc2)nc1C. The number of unbranched alkanes of at least 4 members (excludes halogenated alkanes) is 1. The number of hydrogen-bond donors (Lipinski definition) is 1. The highest BCUT2D eigenvalue weighted by atomic mass is 32.1. The Labute approximate surface area is 229 Å². The van der Waals surface area contributed by atoms with E-state index in [1.807, 2.05) is 0 Å². The Hall–Kier alpha value is -4.31. The molecule has 1 amide bonds. The first-order chi connectivity index (χ1) is 18.8. The van der Waals surface area contributed by atoms with Crippen LogP contribution in [0.5, 0.6) is 5.75 Å². The van der Waals surface area contributed by atoms with Gasteiger partial charge >= 0.3 is 11.9 Å². The molecule has 2 aromatic carbocycles. The van der Waals surface area contributed by atoms with Gasteiger partial charge in [-0.1, -0.05) is 49.5 Å². The number of anilines is 1. The van der Waals surface area contributed by atoms with Gasteiger partial charge < -0.3 is 14.6 Å². The molecule has 2 heterocycles. The Morgan fingerprint density at radius 3 is 2.51 bits per heavy atom. The van der Waals surface area contributed by atoms with Gasteiger partial charge in [0.25, 0.3) is 5.78 Å². The average Bonchev–Trinajstić information content (AvgIpc) is 3.44. The topological polar surface area (TPSA) is 106 Å². The molecule has 1 fully saturated rings. The molecule has 1 aliphatic rings. The first-order valence-electron chi connectivity index (χ1n) is 12.3. The maximum absolute atomic E-state index is 13.8. The fourth-order valence-corrected chi connectivity index (χ4v) is 5.05. The second-order valence-electron chi connectivity index (χ2n) is 8.75. The van der Waals surface area contributed by atoms with Crippen molar-refractivity contribution in [2.24, 2.45) is 0 Å². The monoisotopic (exact) mass is 550 g/mol. The lowest BCUT2D eigenvalue weighted by atomic mass is 9.95. The van der Waals surface area contributed by atoms with Crippen LogP contribution < -0.4 is 9.64 Å². The molecule has 0 radical (unpaired) electrons. The Bertz CT molecular complexity index is 1430. The summed E-state index contributed by atoms with van der Waals surface area (Å²) in [5.74, 6) is -2.83. The average molecular weight is 551 g/mol. The molecule has 1 saturated heterocycles. The number of rotatable bonds is 10. The van der Waals surface area contributed by atoms with E-state index in [-0.39, 0.29) is 22.2 Å². The maximum Gasteiger partial charge on any atom is 0.350 e. The molecule has 0 bridgehead atoms. The molecule has 202 valence electrons. The third-order valence-electron chi connectivity index (χ3n) is 6.03. The van der Waals surface area contributed by atoms with Gasteiger partial charge in [0.15, 0.2) is 5.13 Å². The number of thiazole rings is 1. The molecule has 1 N–H and O–H groups in total. The van der Waals surface area contributed by atoms with Crippen LogP contribution in [0.15, 0.2) is 66.8 Å². The summed E-state index contributed by atoms with van der Waals surface area (Å²) in [5.41, 5.74) is 0.796. The largest absolute Gasteiger partial charge is 0.507 e. The van der Waals surface area contributed by atoms with Crippen molar-refractivity contribution in [3.05, 3.63) is 94.3 Å². The normalized spacial score (nSPS) is 16.4. The molecule has 0 saturated carbocycles. The van der Waals surface area contributed by atoms with Crippen LogP contribution in [0.1, 0.15) is 52.3 Å². The van der Waals surface area contributed by atoms with E-state index < -0.39 is 35.3 Å². The van der Waals surface area contributed by atoms with Crippen LogP contribution in [0.2, 0.25) is 0 Å². The lowest BCUT2D eigenvalue weighted by Crippen LogP contribution is -2.29. The lowest BCUT2D eigenvalue weighted by Gasteiger charge is -2.23. The number of benzene rings is 2. The molecule has 0 aliphatic carbocycles. The third-order valence-corrected chi connectivity index (χ3v) is 7.17. The van der Waals surface area contributed by atoms with Gasteiger partial charge in [0, 0.05) is 5.56 Å². The number of aromatic nitrogens is 1. The number of carbonyl (C=O) groups excluding carboxylic acids is 3. The van der Waals surface area contributed by atoms with Gasteiger partial charge in [0.2, 0.25) is 0 Å². The molecule has 8 nitrogen and oxygen atoms in total. The van der Waals surface area contributed by atoms with E-state index in [1.165, 1.54) is 30.3 Å². The van der Waals surface area contributed by atoms with E-state index in [2.05, 4.69) is 18.5 Å². The van der Waals surface area contributed by atoms with Crippen molar-refractivity contribution >= 4 is 39.9 Å². The van der Waals surface area contributed by atoms with Crippen LogP contribution in [0.4, 0.5) is 9.52 Å². The highest BCUT2D eigenvalue weighted by Crippen LogP contribution is 2.44. The Morgan fingerprint density at radius 1 is 1.18 bits per heavy atom. The van der Waals surface area contributed by atoms with Gasteiger partial charge in [-0.15, -0.1) is 0 Å². The van der Waals surface area contributed by atoms with Crippen molar-refractivity contribution in [3.63, 3.8) is 0 Å². The number of Topliss-reactive ketones (excluding diaryl/α,β-unsaturated/α-hetero) is 1. The minimum atomic E-state index is -1.12. The lowest BCUT2D eigenvalue weighted by molar-refractivity contribution is -0.132. The summed E-state index contributed by atoms with van der Waals surface area (Å²) in [5, 5.41) is 11.3. The standard InChI is InChI=1S/C29H27FN2O6S/c1-4-6-16-37-21-13-9-19(10-14-21)24(33)22-23(18-7-11-20(30)12-8-18)32(27(35)25(22)34)29-31-17(3)26(39-29)28(36)38-15-5-2/h5,7-14,23,33H,2,4,6,15-16H2,1,3H3. The van der Waals surface area contributed by atoms with E-state index in [0.717, 1.165) is 29.1 Å². The van der Waals surface area contributed by atoms with Crippen LogP contribution in [-0.4, -0.2) is 41.0 Å². The number of hydrogen-bond acceptors (Lipinski definition) is 8. The number of aryl methyl sites for hydroxylation is 1. The van der Waals surface area contributed by atoms with Crippen LogP contribution in [-0.2, 0) is 14.3 Å². The molecule has 0 spiro atoms. The minimum Gasteiger partial charge on any atom is -0.507 e. The molecule has 10 heteroatoms. The van der Waals surface area contributed by atoms with Gasteiger partial charge in [-0.3, -0.25) is 14.5 Å². The Morgan fingerprint density at radius 2 is 1.87 bits per heavy atom. The molecule has 3 aromatic rings. The zero-order valence-corrected chi connectivity index (χ0v) is 22.3. The van der Waals surface area contributed by atoms with Crippen molar-refractivity contribution in [2.75, 3.05) is 18.1 Å². The molecular weight excluding hydrogens is 523 g/mol. The quantitative estimate of drug-likeness (QED) is 0.0857. The van der Waals surface area contributed by atoms with Crippen molar-refractivity contribution in [3.8, 4) is 5.75 Å². The summed E-state index contributed by atoms with van der Waals surface area (Å²) in [4.78, 5) is 44.8. The summed E-state index contributed by atoms with van der Waals surface area (Å²) in [6.07, 6.45) is 3.30. The minimum absolute atomic E-state index is 0.00592. The summed E-state index contributed by atoms with van der Waals surface area (Å²) in [6, 6.07) is 10.6. The zero-order valence-electron chi connectivity index (χ0n) is 21.5. The molecule has 1 unspecified atom stereocenters. The smallest absolute Gasteiger partial charge is 0.350 e. The molecule has 1 aliphatic heterocycles. The predicted molar refractivity (Wildman–Crippen MR) is 145 cm³/mol. The summed E-state index contributed by atoms with van der Waals surface area (Å²) in [6.45, 7) is 7.69. The van der Waals surface area contributed by atoms with E-state index in [1.54, 1.807) is 31.2 Å². The van der Waals surface area contributed by atoms with Crippen molar-refractivity contribution in [2.45, 2.75) is 32.7 Å². The molecule has 1 aromatic heterocycles. The molecule has 39 heavy (non-hydrogen) atoms. The van der Waals surface area contributed by atoms with E-state index in [0.29, 0.717) is 29.2 Å². The number of ether oxygens (including phenoxy) is 2. The second-order valence-corrected chi connectivity index (χ2v) is 9.72. The zero-order chi connectivity index (χ0) is 28.1. The summed E-state index contributed by atoms with van der Waals surface area (Å²) >= 11 is 0.882. The number of halogens is 1. The number of carbonyl (C=O) groups is 3. The van der Waals surface area contributed by atoms with Gasteiger partial charge in [0.1, 0.15) is 28.8 Å². The number of ketones is 1. The van der Waals surface area contributed by atoms with E-state index >= 15 is 0 Å². The number of aliphatic hydroxyl groups excluding tert-OH is 1. The van der Waals surface area contributed by atoms with E-state index in [9.17, 15) is 23.9 Å². The Balaban J connectivity index is 1.79. The van der Waals surface area contributed by atoms with E-state index in [4.69, 9.17) is 9.47 Å². The summed E-state index contributed by atoms with van der Waals surface area (Å²) in [7, 11) is 0.